The molecule has 0 aliphatic heterocycles. The van der Waals surface area contributed by atoms with Crippen molar-refractivity contribution in [2.45, 2.75) is 19.9 Å². The molecule has 6 nitrogen and oxygen atoms in total. The first-order valence-electron chi connectivity index (χ1n) is 6.02. The van der Waals surface area contributed by atoms with Crippen molar-refractivity contribution in [3.8, 4) is 0 Å². The van der Waals surface area contributed by atoms with Gasteiger partial charge in [-0.15, -0.1) is 0 Å². The molecule has 2 aromatic rings. The van der Waals surface area contributed by atoms with E-state index in [0.29, 0.717) is 23.2 Å². The van der Waals surface area contributed by atoms with Crippen LogP contribution in [0, 0.1) is 0 Å². The maximum Gasteiger partial charge on any atom is 0.419 e. The van der Waals surface area contributed by atoms with Gasteiger partial charge in [-0.1, -0.05) is 6.92 Å². The van der Waals surface area contributed by atoms with Crippen molar-refractivity contribution in [3.63, 3.8) is 0 Å². The van der Waals surface area contributed by atoms with Crippen molar-refractivity contribution in [2.75, 3.05) is 17.2 Å². The minimum Gasteiger partial charge on any atom is -0.408 e. The summed E-state index contributed by atoms with van der Waals surface area (Å²) in [6.45, 7) is 1.90. The van der Waals surface area contributed by atoms with Gasteiger partial charge in [0.25, 0.3) is 0 Å². The lowest BCUT2D eigenvalue weighted by atomic mass is 10.3. The normalized spacial score (nSPS) is 12.1. The van der Waals surface area contributed by atoms with Crippen LogP contribution in [0.15, 0.2) is 27.4 Å². The van der Waals surface area contributed by atoms with Crippen LogP contribution in [0.3, 0.4) is 0 Å². The topological polar surface area (TPSA) is 95.3 Å². The zero-order valence-corrected chi connectivity index (χ0v) is 11.4. The summed E-state index contributed by atoms with van der Waals surface area (Å²) in [4.78, 5) is 11.7. The van der Waals surface area contributed by atoms with Gasteiger partial charge in [0, 0.05) is 24.1 Å². The summed E-state index contributed by atoms with van der Waals surface area (Å²) >= 11 is 0. The molecule has 2 rings (SSSR count). The van der Waals surface area contributed by atoms with Crippen molar-refractivity contribution in [1.29, 1.82) is 0 Å². The number of fused-ring (bicyclic) bond motifs is 1. The molecule has 1 aromatic carbocycles. The Kier molecular flexibility index (Phi) is 3.66. The van der Waals surface area contributed by atoms with E-state index in [1.165, 1.54) is 4.57 Å². The number of anilines is 1. The number of benzene rings is 1. The lowest BCUT2D eigenvalue weighted by Gasteiger charge is -2.03. The lowest BCUT2D eigenvalue weighted by molar-refractivity contribution is 0.511. The Labute approximate surface area is 110 Å². The van der Waals surface area contributed by atoms with E-state index in [4.69, 9.17) is 10.2 Å². The molecule has 19 heavy (non-hydrogen) atoms. The first-order valence-corrected chi connectivity index (χ1v) is 7.84. The SMILES string of the molecule is CCCS(=O)(=O)CCn1c(=O)oc2cc(N)ccc21. The number of hydrogen-bond acceptors (Lipinski definition) is 5. The molecule has 1 aromatic heterocycles. The molecular weight excluding hydrogens is 268 g/mol. The molecule has 0 bridgehead atoms. The molecule has 0 unspecified atom stereocenters. The van der Waals surface area contributed by atoms with E-state index in [9.17, 15) is 13.2 Å². The maximum atomic E-state index is 11.7. The molecule has 7 heteroatoms. The number of hydrogen-bond donors (Lipinski definition) is 1. The highest BCUT2D eigenvalue weighted by Crippen LogP contribution is 2.16. The van der Waals surface area contributed by atoms with E-state index < -0.39 is 15.6 Å². The van der Waals surface area contributed by atoms with E-state index in [1.807, 2.05) is 0 Å². The van der Waals surface area contributed by atoms with E-state index in [0.717, 1.165) is 0 Å². The fourth-order valence-corrected chi connectivity index (χ4v) is 3.23. The van der Waals surface area contributed by atoms with Crippen LogP contribution >= 0.6 is 0 Å². The van der Waals surface area contributed by atoms with Crippen LogP contribution in [0.1, 0.15) is 13.3 Å². The Morgan fingerprint density at radius 1 is 1.32 bits per heavy atom. The largest absolute Gasteiger partial charge is 0.419 e. The van der Waals surface area contributed by atoms with Crippen LogP contribution in [0.5, 0.6) is 0 Å². The summed E-state index contributed by atoms with van der Waals surface area (Å²) in [5.74, 6) is -0.503. The predicted molar refractivity (Wildman–Crippen MR) is 73.8 cm³/mol. The first kappa shape index (κ1) is 13.7. The van der Waals surface area contributed by atoms with Crippen LogP contribution in [0.4, 0.5) is 5.69 Å². The van der Waals surface area contributed by atoms with Crippen LogP contribution in [0.2, 0.25) is 0 Å². The first-order chi connectivity index (χ1) is 8.93. The zero-order chi connectivity index (χ0) is 14.0. The minimum atomic E-state index is -3.13. The van der Waals surface area contributed by atoms with E-state index >= 15 is 0 Å². The second kappa shape index (κ2) is 5.08. The summed E-state index contributed by atoms with van der Waals surface area (Å²) in [6.07, 6.45) is 0.569. The highest BCUT2D eigenvalue weighted by Gasteiger charge is 2.14. The summed E-state index contributed by atoms with van der Waals surface area (Å²) in [5.41, 5.74) is 7.03. The third-order valence-corrected chi connectivity index (χ3v) is 4.67. The van der Waals surface area contributed by atoms with Crippen molar-refractivity contribution in [3.05, 3.63) is 28.7 Å². The average molecular weight is 284 g/mol. The molecule has 0 amide bonds. The van der Waals surface area contributed by atoms with Gasteiger partial charge in [-0.2, -0.15) is 0 Å². The molecule has 0 aliphatic carbocycles. The third-order valence-electron chi connectivity index (χ3n) is 2.83. The Bertz CT molecular complexity index is 743. The Morgan fingerprint density at radius 3 is 2.74 bits per heavy atom. The zero-order valence-electron chi connectivity index (χ0n) is 10.6. The van der Waals surface area contributed by atoms with Gasteiger partial charge in [-0.05, 0) is 18.6 Å². The number of sulfone groups is 1. The quantitative estimate of drug-likeness (QED) is 0.826. The molecule has 0 saturated carbocycles. The van der Waals surface area contributed by atoms with Gasteiger partial charge in [0.15, 0.2) is 15.4 Å². The Morgan fingerprint density at radius 2 is 2.05 bits per heavy atom. The van der Waals surface area contributed by atoms with Crippen molar-refractivity contribution < 1.29 is 12.8 Å². The molecule has 0 saturated heterocycles. The summed E-state index contributed by atoms with van der Waals surface area (Å²) in [7, 11) is -3.13. The van der Waals surface area contributed by atoms with Gasteiger partial charge >= 0.3 is 5.76 Å². The number of oxazole rings is 1. The smallest absolute Gasteiger partial charge is 0.408 e. The van der Waals surface area contributed by atoms with Gasteiger partial charge in [0.05, 0.1) is 11.3 Å². The number of nitrogens with zero attached hydrogens (tertiary/aromatic N) is 1. The van der Waals surface area contributed by atoms with Gasteiger partial charge < -0.3 is 10.2 Å². The fourth-order valence-electron chi connectivity index (χ4n) is 1.94. The fraction of sp³-hybridized carbons (Fsp3) is 0.417. The average Bonchev–Trinajstić information content (AvgIpc) is 2.61. The predicted octanol–water partition coefficient (Wildman–Crippen LogP) is 1.00. The van der Waals surface area contributed by atoms with Gasteiger partial charge in [-0.3, -0.25) is 4.57 Å². The number of aromatic nitrogens is 1. The Balaban J connectivity index is 2.31. The van der Waals surface area contributed by atoms with Gasteiger partial charge in [0.2, 0.25) is 0 Å². The Hall–Kier alpha value is -1.76. The van der Waals surface area contributed by atoms with E-state index in [2.05, 4.69) is 0 Å². The summed E-state index contributed by atoms with van der Waals surface area (Å²) in [6, 6.07) is 4.85. The molecule has 0 aliphatic rings. The van der Waals surface area contributed by atoms with Gasteiger partial charge in [0.1, 0.15) is 0 Å². The summed E-state index contributed by atoms with van der Waals surface area (Å²) in [5, 5.41) is 0. The third kappa shape index (κ3) is 2.98. The van der Waals surface area contributed by atoms with Crippen LogP contribution in [0.25, 0.3) is 11.1 Å². The molecule has 0 radical (unpaired) electrons. The second-order valence-corrected chi connectivity index (χ2v) is 6.70. The molecule has 104 valence electrons. The van der Waals surface area contributed by atoms with Crippen LogP contribution in [-0.2, 0) is 16.4 Å². The molecule has 0 fully saturated rings. The molecule has 1 heterocycles. The summed E-state index contributed by atoms with van der Waals surface area (Å²) < 4.78 is 29.7. The van der Waals surface area contributed by atoms with Crippen molar-refractivity contribution >= 4 is 26.6 Å². The minimum absolute atomic E-state index is 0.0697. The van der Waals surface area contributed by atoms with Crippen LogP contribution < -0.4 is 11.5 Å². The highest BCUT2D eigenvalue weighted by atomic mass is 32.2. The van der Waals surface area contributed by atoms with Crippen LogP contribution in [-0.4, -0.2) is 24.5 Å². The molecule has 2 N–H and O–H groups in total. The standard InChI is InChI=1S/C12H16N2O4S/c1-2-6-19(16,17)7-5-14-10-4-3-9(13)8-11(10)18-12(14)15/h3-4,8H,2,5-7,13H2,1H3. The number of aryl methyl sites for hydroxylation is 1. The van der Waals surface area contributed by atoms with Gasteiger partial charge in [-0.25, -0.2) is 13.2 Å². The number of rotatable bonds is 5. The number of nitrogen functional groups attached to an aromatic ring is 1. The molecule has 0 spiro atoms. The molecular formula is C12H16N2O4S. The van der Waals surface area contributed by atoms with E-state index in [1.54, 1.807) is 25.1 Å². The van der Waals surface area contributed by atoms with E-state index in [-0.39, 0.29) is 18.1 Å². The molecule has 0 atom stereocenters. The van der Waals surface area contributed by atoms with Crippen molar-refractivity contribution in [1.82, 2.24) is 4.57 Å². The second-order valence-electron chi connectivity index (χ2n) is 4.40. The lowest BCUT2D eigenvalue weighted by Crippen LogP contribution is -2.21. The monoisotopic (exact) mass is 284 g/mol. The van der Waals surface area contributed by atoms with Crippen molar-refractivity contribution in [2.24, 2.45) is 0 Å². The highest BCUT2D eigenvalue weighted by molar-refractivity contribution is 7.91. The maximum absolute atomic E-state index is 11.7. The number of nitrogens with two attached hydrogens (primary N) is 1.